The predicted octanol–water partition coefficient (Wildman–Crippen LogP) is 4.26. The first-order chi connectivity index (χ1) is 9.74. The SMILES string of the molecule is O=C(Cn1ccnc1-c1cccs1)c1cccc(Br)c1. The van der Waals surface area contributed by atoms with Crippen molar-refractivity contribution in [1.29, 1.82) is 0 Å². The summed E-state index contributed by atoms with van der Waals surface area (Å²) in [5, 5.41) is 2.00. The summed E-state index contributed by atoms with van der Waals surface area (Å²) >= 11 is 5.00. The number of halogens is 1. The van der Waals surface area contributed by atoms with Gasteiger partial charge in [0.15, 0.2) is 5.78 Å². The van der Waals surface area contributed by atoms with Crippen LogP contribution in [0.1, 0.15) is 10.4 Å². The van der Waals surface area contributed by atoms with E-state index in [4.69, 9.17) is 0 Å². The summed E-state index contributed by atoms with van der Waals surface area (Å²) in [6, 6.07) is 11.4. The third-order valence-electron chi connectivity index (χ3n) is 2.92. The van der Waals surface area contributed by atoms with E-state index in [2.05, 4.69) is 20.9 Å². The van der Waals surface area contributed by atoms with Crippen LogP contribution >= 0.6 is 27.3 Å². The number of carbonyl (C=O) groups excluding carboxylic acids is 1. The molecule has 0 spiro atoms. The van der Waals surface area contributed by atoms with E-state index in [1.807, 2.05) is 52.5 Å². The van der Waals surface area contributed by atoms with E-state index in [9.17, 15) is 4.79 Å². The number of Topliss-reactive ketones (excluding diaryl/α,β-unsaturated/α-hetero) is 1. The van der Waals surface area contributed by atoms with Gasteiger partial charge in [0.2, 0.25) is 0 Å². The maximum absolute atomic E-state index is 12.3. The van der Waals surface area contributed by atoms with Gasteiger partial charge >= 0.3 is 0 Å². The molecule has 20 heavy (non-hydrogen) atoms. The fourth-order valence-electron chi connectivity index (χ4n) is 1.98. The zero-order valence-corrected chi connectivity index (χ0v) is 12.9. The van der Waals surface area contributed by atoms with Gasteiger partial charge in [0.25, 0.3) is 0 Å². The van der Waals surface area contributed by atoms with Crippen LogP contribution in [0, 0.1) is 0 Å². The molecule has 0 fully saturated rings. The first-order valence-corrected chi connectivity index (χ1v) is 7.75. The zero-order chi connectivity index (χ0) is 13.9. The fourth-order valence-corrected chi connectivity index (χ4v) is 3.11. The van der Waals surface area contributed by atoms with Gasteiger partial charge in [0.05, 0.1) is 11.4 Å². The Morgan fingerprint density at radius 2 is 2.20 bits per heavy atom. The summed E-state index contributed by atoms with van der Waals surface area (Å²) in [5.74, 6) is 0.908. The van der Waals surface area contributed by atoms with Crippen LogP contribution in [0.3, 0.4) is 0 Å². The Morgan fingerprint density at radius 1 is 1.30 bits per heavy atom. The zero-order valence-electron chi connectivity index (χ0n) is 10.5. The predicted molar refractivity (Wildman–Crippen MR) is 84.0 cm³/mol. The lowest BCUT2D eigenvalue weighted by Gasteiger charge is -2.06. The number of carbonyl (C=O) groups is 1. The van der Waals surface area contributed by atoms with Crippen molar-refractivity contribution in [3.63, 3.8) is 0 Å². The topological polar surface area (TPSA) is 34.9 Å². The summed E-state index contributed by atoms with van der Waals surface area (Å²) in [7, 11) is 0. The third kappa shape index (κ3) is 2.73. The maximum Gasteiger partial charge on any atom is 0.182 e. The van der Waals surface area contributed by atoms with Gasteiger partial charge in [-0.05, 0) is 23.6 Å². The van der Waals surface area contributed by atoms with E-state index in [0.717, 1.165) is 15.2 Å². The highest BCUT2D eigenvalue weighted by Gasteiger charge is 2.12. The van der Waals surface area contributed by atoms with E-state index in [0.29, 0.717) is 12.1 Å². The van der Waals surface area contributed by atoms with Gasteiger partial charge in [-0.15, -0.1) is 11.3 Å². The van der Waals surface area contributed by atoms with Gasteiger partial charge in [-0.1, -0.05) is 34.1 Å². The van der Waals surface area contributed by atoms with Crippen molar-refractivity contribution in [1.82, 2.24) is 9.55 Å². The average Bonchev–Trinajstić information content (AvgIpc) is 3.08. The maximum atomic E-state index is 12.3. The summed E-state index contributed by atoms with van der Waals surface area (Å²) in [6.45, 7) is 0.295. The molecular formula is C15H11BrN2OS. The molecule has 5 heteroatoms. The van der Waals surface area contributed by atoms with Crippen molar-refractivity contribution in [3.8, 4) is 10.7 Å². The number of ketones is 1. The monoisotopic (exact) mass is 346 g/mol. The molecule has 0 aliphatic rings. The number of hydrogen-bond donors (Lipinski definition) is 0. The van der Waals surface area contributed by atoms with Crippen molar-refractivity contribution in [2.45, 2.75) is 6.54 Å². The molecule has 100 valence electrons. The van der Waals surface area contributed by atoms with Crippen LogP contribution in [-0.4, -0.2) is 15.3 Å². The quantitative estimate of drug-likeness (QED) is 0.661. The standard InChI is InChI=1S/C15H11BrN2OS/c16-12-4-1-3-11(9-12)13(19)10-18-7-6-17-15(18)14-5-2-8-20-14/h1-9H,10H2. The van der Waals surface area contributed by atoms with Gasteiger partial charge in [-0.25, -0.2) is 4.98 Å². The van der Waals surface area contributed by atoms with Crippen molar-refractivity contribution in [2.75, 3.05) is 0 Å². The van der Waals surface area contributed by atoms with E-state index in [1.54, 1.807) is 17.5 Å². The highest BCUT2D eigenvalue weighted by Crippen LogP contribution is 2.23. The second-order valence-corrected chi connectivity index (χ2v) is 6.15. The largest absolute Gasteiger partial charge is 0.323 e. The first-order valence-electron chi connectivity index (χ1n) is 6.08. The molecule has 1 aromatic carbocycles. The molecule has 0 radical (unpaired) electrons. The molecule has 0 saturated carbocycles. The van der Waals surface area contributed by atoms with Gasteiger partial charge < -0.3 is 4.57 Å². The molecular weight excluding hydrogens is 336 g/mol. The first kappa shape index (κ1) is 13.3. The second kappa shape index (κ2) is 5.73. The number of thiophene rings is 1. The summed E-state index contributed by atoms with van der Waals surface area (Å²) in [5.41, 5.74) is 0.699. The molecule has 3 nitrogen and oxygen atoms in total. The number of aromatic nitrogens is 2. The van der Waals surface area contributed by atoms with Gasteiger partial charge in [0.1, 0.15) is 5.82 Å². The molecule has 3 aromatic rings. The highest BCUT2D eigenvalue weighted by molar-refractivity contribution is 9.10. The summed E-state index contributed by atoms with van der Waals surface area (Å²) in [4.78, 5) is 17.7. The molecule has 0 aliphatic heterocycles. The van der Waals surface area contributed by atoms with Crippen molar-refractivity contribution in [2.24, 2.45) is 0 Å². The van der Waals surface area contributed by atoms with Gasteiger partial charge in [0, 0.05) is 22.4 Å². The number of hydrogen-bond acceptors (Lipinski definition) is 3. The summed E-state index contributed by atoms with van der Waals surface area (Å²) in [6.07, 6.45) is 3.56. The van der Waals surface area contributed by atoms with Crippen LogP contribution in [0.5, 0.6) is 0 Å². The fraction of sp³-hybridized carbons (Fsp3) is 0.0667. The molecule has 0 amide bonds. The Morgan fingerprint density at radius 3 is 2.95 bits per heavy atom. The van der Waals surface area contributed by atoms with E-state index >= 15 is 0 Å². The van der Waals surface area contributed by atoms with Gasteiger partial charge in [-0.3, -0.25) is 4.79 Å². The molecule has 0 atom stereocenters. The van der Waals surface area contributed by atoms with Crippen LogP contribution in [0.25, 0.3) is 10.7 Å². The minimum atomic E-state index is 0.0714. The van der Waals surface area contributed by atoms with Crippen LogP contribution < -0.4 is 0 Å². The summed E-state index contributed by atoms with van der Waals surface area (Å²) < 4.78 is 2.79. The smallest absolute Gasteiger partial charge is 0.182 e. The average molecular weight is 347 g/mol. The highest BCUT2D eigenvalue weighted by atomic mass is 79.9. The van der Waals surface area contributed by atoms with Crippen molar-refractivity contribution < 1.29 is 4.79 Å². The Balaban J connectivity index is 1.86. The van der Waals surface area contributed by atoms with Crippen molar-refractivity contribution in [3.05, 3.63) is 64.2 Å². The lowest BCUT2D eigenvalue weighted by molar-refractivity contribution is 0.0972. The molecule has 2 aromatic heterocycles. The van der Waals surface area contributed by atoms with Crippen LogP contribution in [0.2, 0.25) is 0 Å². The second-order valence-electron chi connectivity index (χ2n) is 4.29. The number of rotatable bonds is 4. The van der Waals surface area contributed by atoms with Crippen LogP contribution in [-0.2, 0) is 6.54 Å². The lowest BCUT2D eigenvalue weighted by atomic mass is 10.1. The third-order valence-corrected chi connectivity index (χ3v) is 4.28. The minimum absolute atomic E-state index is 0.0714. The van der Waals surface area contributed by atoms with E-state index in [1.165, 1.54) is 0 Å². The molecule has 0 N–H and O–H groups in total. The number of benzene rings is 1. The molecule has 0 bridgehead atoms. The molecule has 0 aliphatic carbocycles. The number of nitrogens with zero attached hydrogens (tertiary/aromatic N) is 2. The normalized spacial score (nSPS) is 10.7. The Hall–Kier alpha value is -1.72. The Kier molecular flexibility index (Phi) is 3.80. The van der Waals surface area contributed by atoms with Crippen LogP contribution in [0.4, 0.5) is 0 Å². The molecule has 2 heterocycles. The molecule has 3 rings (SSSR count). The Labute approximate surface area is 129 Å². The number of imidazole rings is 1. The minimum Gasteiger partial charge on any atom is -0.323 e. The van der Waals surface area contributed by atoms with E-state index in [-0.39, 0.29) is 5.78 Å². The Bertz CT molecular complexity index is 734. The van der Waals surface area contributed by atoms with E-state index < -0.39 is 0 Å². The molecule has 0 unspecified atom stereocenters. The van der Waals surface area contributed by atoms with Crippen molar-refractivity contribution >= 4 is 33.0 Å². The lowest BCUT2D eigenvalue weighted by Crippen LogP contribution is -2.10. The van der Waals surface area contributed by atoms with Gasteiger partial charge in [-0.2, -0.15) is 0 Å². The van der Waals surface area contributed by atoms with Crippen LogP contribution in [0.15, 0.2) is 58.6 Å². The molecule has 0 saturated heterocycles.